The van der Waals surface area contributed by atoms with Crippen LogP contribution in [0.5, 0.6) is 0 Å². The van der Waals surface area contributed by atoms with Crippen LogP contribution in [0.15, 0.2) is 0 Å². The highest BCUT2D eigenvalue weighted by molar-refractivity contribution is 5.94. The van der Waals surface area contributed by atoms with Gasteiger partial charge in [0.05, 0.1) is 18.9 Å². The van der Waals surface area contributed by atoms with E-state index in [0.717, 1.165) is 5.06 Å². The van der Waals surface area contributed by atoms with Gasteiger partial charge in [-0.3, -0.25) is 9.59 Å². The van der Waals surface area contributed by atoms with Crippen molar-refractivity contribution in [2.75, 3.05) is 13.9 Å². The van der Waals surface area contributed by atoms with E-state index in [0.29, 0.717) is 0 Å². The lowest BCUT2D eigenvalue weighted by Crippen LogP contribution is -2.56. The topological polar surface area (TPSA) is 82.1 Å². The van der Waals surface area contributed by atoms with Gasteiger partial charge in [0.1, 0.15) is 0 Å². The fourth-order valence-electron chi connectivity index (χ4n) is 1.23. The Morgan fingerprint density at radius 3 is 2.44 bits per heavy atom. The van der Waals surface area contributed by atoms with Crippen LogP contribution in [-0.2, 0) is 28.7 Å². The predicted octanol–water partition coefficient (Wildman–Crippen LogP) is 0.239. The van der Waals surface area contributed by atoms with E-state index in [1.54, 1.807) is 20.8 Å². The summed E-state index contributed by atoms with van der Waals surface area (Å²) in [6.07, 6.45) is 0.0416. The van der Waals surface area contributed by atoms with Gasteiger partial charge in [0.15, 0.2) is 6.04 Å². The number of carbonyl (C=O) groups is 3. The van der Waals surface area contributed by atoms with Gasteiger partial charge in [0.25, 0.3) is 0 Å². The van der Waals surface area contributed by atoms with E-state index in [-0.39, 0.29) is 12.3 Å². The summed E-state index contributed by atoms with van der Waals surface area (Å²) in [5, 5.41) is 0.863. The largest absolute Gasteiger partial charge is 0.467 e. The third-order valence-corrected chi connectivity index (χ3v) is 2.36. The highest BCUT2D eigenvalue weighted by Gasteiger charge is 2.44. The maximum atomic E-state index is 11.4. The standard InChI is InChI=1S/C11H17NO6/c1-11(2,3)10(15)17-6-18-12-7(5-8(12)13)9(14)16-4/h7H,5-6H2,1-4H3. The van der Waals surface area contributed by atoms with Crippen LogP contribution in [0.1, 0.15) is 27.2 Å². The molecule has 0 aromatic heterocycles. The normalized spacial score (nSPS) is 19.2. The Hall–Kier alpha value is -1.63. The van der Waals surface area contributed by atoms with Gasteiger partial charge in [-0.2, -0.15) is 0 Å². The third kappa shape index (κ3) is 3.19. The fourth-order valence-corrected chi connectivity index (χ4v) is 1.23. The fraction of sp³-hybridized carbons (Fsp3) is 0.727. The first-order valence-electron chi connectivity index (χ1n) is 5.47. The van der Waals surface area contributed by atoms with Crippen LogP contribution in [0.4, 0.5) is 0 Å². The van der Waals surface area contributed by atoms with Crippen LogP contribution >= 0.6 is 0 Å². The van der Waals surface area contributed by atoms with E-state index in [2.05, 4.69) is 4.74 Å². The van der Waals surface area contributed by atoms with Crippen molar-refractivity contribution >= 4 is 17.8 Å². The second-order valence-electron chi connectivity index (χ2n) is 4.89. The monoisotopic (exact) mass is 259 g/mol. The molecule has 0 N–H and O–H groups in total. The highest BCUT2D eigenvalue weighted by atomic mass is 16.8. The van der Waals surface area contributed by atoms with Crippen molar-refractivity contribution < 1.29 is 28.7 Å². The minimum atomic E-state index is -0.754. The van der Waals surface area contributed by atoms with Crippen molar-refractivity contribution in [1.29, 1.82) is 0 Å². The third-order valence-electron chi connectivity index (χ3n) is 2.36. The molecule has 1 atom stereocenters. The van der Waals surface area contributed by atoms with Gasteiger partial charge in [-0.25, -0.2) is 14.7 Å². The lowest BCUT2D eigenvalue weighted by atomic mass is 9.98. The minimum absolute atomic E-state index is 0.0416. The van der Waals surface area contributed by atoms with Crippen LogP contribution < -0.4 is 0 Å². The lowest BCUT2D eigenvalue weighted by molar-refractivity contribution is -0.260. The van der Waals surface area contributed by atoms with Gasteiger partial charge < -0.3 is 9.47 Å². The van der Waals surface area contributed by atoms with E-state index >= 15 is 0 Å². The molecule has 0 aromatic rings. The molecule has 0 aromatic carbocycles. The molecule has 0 spiro atoms. The zero-order valence-corrected chi connectivity index (χ0v) is 10.9. The Morgan fingerprint density at radius 2 is 2.00 bits per heavy atom. The highest BCUT2D eigenvalue weighted by Crippen LogP contribution is 2.21. The summed E-state index contributed by atoms with van der Waals surface area (Å²) in [5.74, 6) is -1.36. The number of hydrogen-bond acceptors (Lipinski definition) is 6. The molecule has 18 heavy (non-hydrogen) atoms. The van der Waals surface area contributed by atoms with Crippen LogP contribution in [-0.4, -0.2) is 42.9 Å². The molecule has 0 saturated carbocycles. The summed E-state index contributed by atoms with van der Waals surface area (Å²) >= 11 is 0. The molecule has 1 fully saturated rings. The van der Waals surface area contributed by atoms with Gasteiger partial charge in [-0.15, -0.1) is 0 Å². The number of esters is 2. The average molecular weight is 259 g/mol. The lowest BCUT2D eigenvalue weighted by Gasteiger charge is -2.36. The zero-order valence-electron chi connectivity index (χ0n) is 10.9. The second kappa shape index (κ2) is 5.34. The molecule has 1 aliphatic rings. The number of ether oxygens (including phenoxy) is 2. The molecule has 0 aliphatic carbocycles. The van der Waals surface area contributed by atoms with Crippen molar-refractivity contribution in [3.05, 3.63) is 0 Å². The Morgan fingerprint density at radius 1 is 1.39 bits per heavy atom. The van der Waals surface area contributed by atoms with Crippen molar-refractivity contribution in [3.8, 4) is 0 Å². The summed E-state index contributed by atoms with van der Waals surface area (Å²) in [5.41, 5.74) is -0.649. The van der Waals surface area contributed by atoms with Crippen molar-refractivity contribution in [3.63, 3.8) is 0 Å². The molecule has 1 heterocycles. The van der Waals surface area contributed by atoms with Crippen LogP contribution in [0.2, 0.25) is 0 Å². The predicted molar refractivity (Wildman–Crippen MR) is 58.8 cm³/mol. The quantitative estimate of drug-likeness (QED) is 0.408. The number of amides is 1. The van der Waals surface area contributed by atoms with E-state index in [4.69, 9.17) is 9.57 Å². The molecular formula is C11H17NO6. The van der Waals surface area contributed by atoms with Crippen LogP contribution in [0, 0.1) is 5.41 Å². The van der Waals surface area contributed by atoms with Gasteiger partial charge >= 0.3 is 11.9 Å². The molecule has 1 unspecified atom stereocenters. The molecule has 7 heteroatoms. The zero-order chi connectivity index (χ0) is 13.9. The number of β-lactam (4-membered cyclic amide) rings is 1. The Balaban J connectivity index is 2.37. The molecular weight excluding hydrogens is 242 g/mol. The molecule has 0 bridgehead atoms. The molecule has 0 radical (unpaired) electrons. The Labute approximate surface area is 105 Å². The summed E-state index contributed by atoms with van der Waals surface area (Å²) in [6, 6.07) is -0.754. The number of methoxy groups -OCH3 is 1. The summed E-state index contributed by atoms with van der Waals surface area (Å²) in [6.45, 7) is 4.68. The number of nitrogens with zero attached hydrogens (tertiary/aromatic N) is 1. The van der Waals surface area contributed by atoms with Gasteiger partial charge in [0, 0.05) is 0 Å². The summed E-state index contributed by atoms with van der Waals surface area (Å²) < 4.78 is 9.31. The van der Waals surface area contributed by atoms with E-state index in [1.807, 2.05) is 0 Å². The van der Waals surface area contributed by atoms with E-state index in [9.17, 15) is 14.4 Å². The Bertz CT molecular complexity index is 359. The molecule has 7 nitrogen and oxygen atoms in total. The first kappa shape index (κ1) is 14.4. The average Bonchev–Trinajstić information content (AvgIpc) is 2.28. The maximum absolute atomic E-state index is 11.4. The van der Waals surface area contributed by atoms with Crippen molar-refractivity contribution in [2.45, 2.75) is 33.2 Å². The maximum Gasteiger partial charge on any atom is 0.331 e. The van der Waals surface area contributed by atoms with Gasteiger partial charge in [-0.05, 0) is 20.8 Å². The number of carbonyl (C=O) groups excluding carboxylic acids is 3. The SMILES string of the molecule is COC(=O)C1CC(=O)N1OCOC(=O)C(C)(C)C. The Kier molecular flexibility index (Phi) is 4.28. The molecule has 1 amide bonds. The molecule has 102 valence electrons. The number of rotatable bonds is 4. The number of hydroxylamine groups is 2. The first-order valence-corrected chi connectivity index (χ1v) is 5.47. The smallest absolute Gasteiger partial charge is 0.331 e. The van der Waals surface area contributed by atoms with Crippen molar-refractivity contribution in [1.82, 2.24) is 5.06 Å². The van der Waals surface area contributed by atoms with E-state index in [1.165, 1.54) is 7.11 Å². The first-order chi connectivity index (χ1) is 8.27. The van der Waals surface area contributed by atoms with Crippen molar-refractivity contribution in [2.24, 2.45) is 5.41 Å². The molecule has 1 aliphatic heterocycles. The van der Waals surface area contributed by atoms with Gasteiger partial charge in [-0.1, -0.05) is 0 Å². The van der Waals surface area contributed by atoms with Gasteiger partial charge in [0.2, 0.25) is 12.7 Å². The van der Waals surface area contributed by atoms with Crippen LogP contribution in [0.25, 0.3) is 0 Å². The van der Waals surface area contributed by atoms with Crippen LogP contribution in [0.3, 0.4) is 0 Å². The molecule has 1 rings (SSSR count). The van der Waals surface area contributed by atoms with E-state index < -0.39 is 30.2 Å². The minimum Gasteiger partial charge on any atom is -0.467 e. The second-order valence-corrected chi connectivity index (χ2v) is 4.89. The summed E-state index contributed by atoms with van der Waals surface area (Å²) in [7, 11) is 1.23. The summed E-state index contributed by atoms with van der Waals surface area (Å²) in [4.78, 5) is 38.7. The molecule has 1 saturated heterocycles. The number of hydrogen-bond donors (Lipinski definition) is 0.